The second-order valence-corrected chi connectivity index (χ2v) is 16.8. The smallest absolute Gasteiger partial charge is 0.0619 e. The van der Waals surface area contributed by atoms with E-state index in [2.05, 4.69) is 184 Å². The average Bonchev–Trinajstić information content (AvgIpc) is 3.95. The van der Waals surface area contributed by atoms with Crippen LogP contribution >= 0.6 is 0 Å². The first-order chi connectivity index (χ1) is 28.1. The fourth-order valence-corrected chi connectivity index (χ4v) is 12.0. The molecule has 0 heteroatoms. The standard InChI is InChI=1S/C57H34/c1-31-22-25-43-52(32(2)26-46-36-12-3-4-15-39(36)53(31)56(43)46)34-24-23-33-28-45-44(29-35(33)27-34)40-17-11-18-42-54(40)47(45)30-51-55(42)41-16-7-10-21-50(41)57(51)48-19-8-5-13-37(48)38-14-6-9-20-49(38)57/h3-30H,1-2H3. The zero-order valence-corrected chi connectivity index (χ0v) is 31.7. The van der Waals surface area contributed by atoms with Gasteiger partial charge < -0.3 is 0 Å². The lowest BCUT2D eigenvalue weighted by atomic mass is 9.70. The van der Waals surface area contributed by atoms with Crippen molar-refractivity contribution in [2.75, 3.05) is 0 Å². The molecular weight excluding hydrogens is 685 g/mol. The number of fused-ring (bicyclic) bond motifs is 18. The summed E-state index contributed by atoms with van der Waals surface area (Å²) in [7, 11) is 0. The summed E-state index contributed by atoms with van der Waals surface area (Å²) in [5.41, 5.74) is 26.8. The molecule has 0 bridgehead atoms. The Kier molecular flexibility index (Phi) is 5.43. The van der Waals surface area contributed by atoms with Crippen LogP contribution in [0.1, 0.15) is 33.4 Å². The summed E-state index contributed by atoms with van der Waals surface area (Å²) in [5.74, 6) is 0. The van der Waals surface area contributed by atoms with E-state index in [0.29, 0.717) is 0 Å². The van der Waals surface area contributed by atoms with E-state index in [1.807, 2.05) is 0 Å². The van der Waals surface area contributed by atoms with Gasteiger partial charge in [0.05, 0.1) is 5.41 Å². The molecule has 0 atom stereocenters. The second kappa shape index (κ2) is 10.2. The van der Waals surface area contributed by atoms with E-state index in [1.54, 1.807) is 0 Å². The molecule has 4 aliphatic carbocycles. The van der Waals surface area contributed by atoms with E-state index in [1.165, 1.54) is 144 Å². The maximum absolute atomic E-state index is 2.59. The van der Waals surface area contributed by atoms with Gasteiger partial charge in [-0.1, -0.05) is 146 Å². The third-order valence-electron chi connectivity index (χ3n) is 14.2. The normalized spacial score (nSPS) is 13.9. The van der Waals surface area contributed by atoms with E-state index in [-0.39, 0.29) is 5.41 Å². The summed E-state index contributed by atoms with van der Waals surface area (Å²) in [6, 6.07) is 65.2. The van der Waals surface area contributed by atoms with Gasteiger partial charge in [0, 0.05) is 0 Å². The topological polar surface area (TPSA) is 0 Å². The van der Waals surface area contributed by atoms with Crippen molar-refractivity contribution in [2.45, 2.75) is 19.3 Å². The predicted molar refractivity (Wildman–Crippen MR) is 239 cm³/mol. The molecule has 0 aliphatic heterocycles. The fraction of sp³-hybridized carbons (Fsp3) is 0.0526. The Bertz CT molecular complexity index is 3490. The largest absolute Gasteiger partial charge is 0.0725 e. The first-order valence-corrected chi connectivity index (χ1v) is 20.3. The maximum atomic E-state index is 2.59. The molecule has 0 saturated heterocycles. The van der Waals surface area contributed by atoms with Gasteiger partial charge >= 0.3 is 0 Å². The van der Waals surface area contributed by atoms with E-state index >= 15 is 0 Å². The molecule has 0 radical (unpaired) electrons. The average molecular weight is 719 g/mol. The molecule has 0 amide bonds. The highest BCUT2D eigenvalue weighted by atomic mass is 14.5. The molecule has 0 unspecified atom stereocenters. The summed E-state index contributed by atoms with van der Waals surface area (Å²) >= 11 is 0. The van der Waals surface area contributed by atoms with Gasteiger partial charge in [0.15, 0.2) is 0 Å². The minimum absolute atomic E-state index is 0.369. The SMILES string of the molecule is Cc1cc2c3c(c(C)ccc3c1-c1ccc3cc4c(cc3c1)-c1cccc3c5c(cc-4c13)C1(c3ccccc3-c3ccccc31)c1ccccc1-5)-c1ccccc1-2. The predicted octanol–water partition coefficient (Wildman–Crippen LogP) is 15.1. The maximum Gasteiger partial charge on any atom is 0.0725 e. The lowest BCUT2D eigenvalue weighted by Crippen LogP contribution is -2.25. The molecule has 14 rings (SSSR count). The highest BCUT2D eigenvalue weighted by Crippen LogP contribution is 2.66. The summed E-state index contributed by atoms with van der Waals surface area (Å²) in [6.07, 6.45) is 0. The quantitative estimate of drug-likeness (QED) is 0.159. The Balaban J connectivity index is 1.01. The van der Waals surface area contributed by atoms with Crippen molar-refractivity contribution >= 4 is 32.3 Å². The van der Waals surface area contributed by atoms with Gasteiger partial charge in [-0.25, -0.2) is 0 Å². The van der Waals surface area contributed by atoms with Crippen LogP contribution in [0.3, 0.4) is 0 Å². The molecule has 1 spiro atoms. The van der Waals surface area contributed by atoms with Crippen molar-refractivity contribution in [3.63, 3.8) is 0 Å². The summed E-state index contributed by atoms with van der Waals surface area (Å²) in [6.45, 7) is 4.55. The molecule has 262 valence electrons. The number of benzene rings is 10. The molecule has 57 heavy (non-hydrogen) atoms. The van der Waals surface area contributed by atoms with E-state index < -0.39 is 0 Å². The van der Waals surface area contributed by atoms with Gasteiger partial charge in [-0.2, -0.15) is 0 Å². The molecule has 0 N–H and O–H groups in total. The van der Waals surface area contributed by atoms with E-state index in [4.69, 9.17) is 0 Å². The van der Waals surface area contributed by atoms with Crippen LogP contribution in [0.25, 0.3) is 110 Å². The molecule has 0 nitrogen and oxygen atoms in total. The molecule has 4 aliphatic rings. The highest BCUT2D eigenvalue weighted by Gasteiger charge is 2.52. The Morgan fingerprint density at radius 1 is 0.298 bits per heavy atom. The van der Waals surface area contributed by atoms with Crippen LogP contribution in [-0.4, -0.2) is 0 Å². The van der Waals surface area contributed by atoms with Gasteiger partial charge in [-0.15, -0.1) is 0 Å². The van der Waals surface area contributed by atoms with Gasteiger partial charge in [0.1, 0.15) is 0 Å². The summed E-state index contributed by atoms with van der Waals surface area (Å²) in [5, 5.41) is 8.04. The lowest BCUT2D eigenvalue weighted by molar-refractivity contribution is 0.795. The summed E-state index contributed by atoms with van der Waals surface area (Å²) < 4.78 is 0. The minimum Gasteiger partial charge on any atom is -0.0619 e. The van der Waals surface area contributed by atoms with Crippen LogP contribution in [0, 0.1) is 13.8 Å². The molecule has 10 aromatic carbocycles. The Morgan fingerprint density at radius 3 is 1.67 bits per heavy atom. The van der Waals surface area contributed by atoms with Crippen LogP contribution in [0.15, 0.2) is 170 Å². The lowest BCUT2D eigenvalue weighted by Gasteiger charge is -2.30. The number of hydrogen-bond donors (Lipinski definition) is 0. The third-order valence-corrected chi connectivity index (χ3v) is 14.2. The number of aryl methyl sites for hydroxylation is 2. The first-order valence-electron chi connectivity index (χ1n) is 20.3. The van der Waals surface area contributed by atoms with Gasteiger partial charge in [0.2, 0.25) is 0 Å². The first kappa shape index (κ1) is 30.2. The molecule has 0 fully saturated rings. The zero-order chi connectivity index (χ0) is 37.3. The van der Waals surface area contributed by atoms with Crippen molar-refractivity contribution < 1.29 is 0 Å². The number of rotatable bonds is 1. The van der Waals surface area contributed by atoms with Gasteiger partial charge in [-0.3, -0.25) is 0 Å². The molecular formula is C57H34. The Labute approximate surface area is 331 Å². The van der Waals surface area contributed by atoms with Gasteiger partial charge in [0.25, 0.3) is 0 Å². The second-order valence-electron chi connectivity index (χ2n) is 16.8. The van der Waals surface area contributed by atoms with Crippen LogP contribution in [0.5, 0.6) is 0 Å². The van der Waals surface area contributed by atoms with Crippen molar-refractivity contribution in [1.82, 2.24) is 0 Å². The monoisotopic (exact) mass is 718 g/mol. The Hall–Kier alpha value is -7.02. The van der Waals surface area contributed by atoms with E-state index in [0.717, 1.165) is 0 Å². The zero-order valence-electron chi connectivity index (χ0n) is 31.7. The highest BCUT2D eigenvalue weighted by molar-refractivity contribution is 6.23. The van der Waals surface area contributed by atoms with Crippen LogP contribution in [0.2, 0.25) is 0 Å². The van der Waals surface area contributed by atoms with Crippen LogP contribution in [-0.2, 0) is 5.41 Å². The van der Waals surface area contributed by atoms with Crippen molar-refractivity contribution in [3.8, 4) is 77.9 Å². The molecule has 0 saturated carbocycles. The van der Waals surface area contributed by atoms with Gasteiger partial charge in [-0.05, 0) is 182 Å². The molecule has 0 aromatic heterocycles. The minimum atomic E-state index is -0.369. The van der Waals surface area contributed by atoms with Crippen molar-refractivity contribution in [3.05, 3.63) is 203 Å². The third kappa shape index (κ3) is 3.45. The van der Waals surface area contributed by atoms with Crippen LogP contribution < -0.4 is 0 Å². The fourth-order valence-electron chi connectivity index (χ4n) is 12.0. The van der Waals surface area contributed by atoms with E-state index in [9.17, 15) is 0 Å². The van der Waals surface area contributed by atoms with Crippen LogP contribution in [0.4, 0.5) is 0 Å². The summed E-state index contributed by atoms with van der Waals surface area (Å²) in [4.78, 5) is 0. The Morgan fingerprint density at radius 2 is 0.895 bits per heavy atom. The molecule has 10 aromatic rings. The van der Waals surface area contributed by atoms with Crippen molar-refractivity contribution in [1.29, 1.82) is 0 Å². The molecule has 0 heterocycles. The van der Waals surface area contributed by atoms with Crippen molar-refractivity contribution in [2.24, 2.45) is 0 Å². The number of hydrogen-bond acceptors (Lipinski definition) is 0.